The summed E-state index contributed by atoms with van der Waals surface area (Å²) in [5.41, 5.74) is 28.2. The first-order valence-electron chi connectivity index (χ1n) is 36.2. The quantitative estimate of drug-likeness (QED) is 0.122. The third kappa shape index (κ3) is 9.60. The summed E-state index contributed by atoms with van der Waals surface area (Å²) in [7, 11) is 0. The standard InChI is InChI=1S/C99H63N7/c1-7-31-63(32-8-1)69-43-19-21-45-73(69)75-47-23-24-51-79(75)90-97(67-39-15-5-16-40-67)105(98-72(66-37-13-4-14-38-66)56-60-87-94(98)93-86(101-87)62-58-81-77-49-26-29-53-83(77)103-96(81)93)106(88-54-30-27-50-78(88)74-46-22-20-44-70(74)64-33-9-2-10-34-64)104(68-41-17-6-18-42-68)99(90)89-71(65-35-11-3-12-36-65)55-59-84-91(89)92-85(100-84)61-57-80-76-48-25-28-52-82(76)102-95(80)92/h1-62,99H. The second kappa shape index (κ2) is 24.8. The van der Waals surface area contributed by atoms with Crippen molar-refractivity contribution < 1.29 is 0 Å². The topological polar surface area (TPSA) is 59.2 Å². The largest absolute Gasteiger partial charge is 0.254 e. The van der Waals surface area contributed by atoms with Crippen molar-refractivity contribution in [1.29, 1.82) is 0 Å². The van der Waals surface area contributed by atoms with Crippen LogP contribution in [0.3, 0.4) is 0 Å². The maximum absolute atomic E-state index is 5.77. The van der Waals surface area contributed by atoms with Gasteiger partial charge in [0.1, 0.15) is 6.04 Å². The highest BCUT2D eigenvalue weighted by atomic mass is 15.9. The van der Waals surface area contributed by atoms with Crippen molar-refractivity contribution in [2.75, 3.05) is 15.1 Å². The summed E-state index contributed by atoms with van der Waals surface area (Å²) in [6, 6.07) is 136. The van der Waals surface area contributed by atoms with Gasteiger partial charge in [0, 0.05) is 65.4 Å². The van der Waals surface area contributed by atoms with Crippen molar-refractivity contribution in [2.45, 2.75) is 6.04 Å². The van der Waals surface area contributed by atoms with Gasteiger partial charge in [0.25, 0.3) is 0 Å². The zero-order chi connectivity index (χ0) is 69.8. The number of benzene rings is 16. The van der Waals surface area contributed by atoms with Crippen LogP contribution < -0.4 is 36.6 Å². The van der Waals surface area contributed by atoms with Gasteiger partial charge in [-0.2, -0.15) is 5.12 Å². The van der Waals surface area contributed by atoms with Crippen LogP contribution in [0.15, 0.2) is 396 Å². The van der Waals surface area contributed by atoms with Crippen LogP contribution in [0, 0.1) is 20.9 Å². The highest BCUT2D eigenvalue weighted by Crippen LogP contribution is 2.62. The molecule has 5 aliphatic heterocycles. The molecule has 5 heterocycles. The van der Waals surface area contributed by atoms with Crippen LogP contribution in [0.25, 0.3) is 100 Å². The van der Waals surface area contributed by atoms with Crippen molar-refractivity contribution in [3.05, 3.63) is 435 Å². The fourth-order valence-electron chi connectivity index (χ4n) is 17.1. The van der Waals surface area contributed by atoms with Crippen LogP contribution in [0.5, 0.6) is 0 Å². The van der Waals surface area contributed by atoms with Gasteiger partial charge in [-0.1, -0.05) is 309 Å². The molecule has 0 spiro atoms. The van der Waals surface area contributed by atoms with E-state index in [0.29, 0.717) is 0 Å². The smallest absolute Gasteiger partial charge is 0.106 e. The maximum Gasteiger partial charge on any atom is 0.106 e. The van der Waals surface area contributed by atoms with Gasteiger partial charge in [-0.3, -0.25) is 5.01 Å². The Bertz CT molecular complexity index is 6830. The molecule has 0 amide bonds. The fraction of sp³-hybridized carbons (Fsp3) is 0.0101. The first-order chi connectivity index (χ1) is 52.7. The Hall–Kier alpha value is -14.1. The normalized spacial score (nSPS) is 13.8. The highest BCUT2D eigenvalue weighted by molar-refractivity contribution is 6.15. The van der Waals surface area contributed by atoms with Crippen molar-refractivity contribution in [3.63, 3.8) is 0 Å². The summed E-state index contributed by atoms with van der Waals surface area (Å²) in [5.74, 6) is 0. The lowest BCUT2D eigenvalue weighted by Gasteiger charge is -2.56. The molecule has 1 atom stereocenters. The van der Waals surface area contributed by atoms with E-state index in [4.69, 9.17) is 20.0 Å². The molecule has 5 aliphatic rings. The first-order valence-corrected chi connectivity index (χ1v) is 36.2. The average Bonchev–Trinajstić information content (AvgIpc) is 1.52. The Labute approximate surface area is 612 Å². The van der Waals surface area contributed by atoms with Crippen molar-refractivity contribution in [2.24, 2.45) is 20.0 Å². The molecule has 1 unspecified atom stereocenters. The molecule has 494 valence electrons. The number of hydrazine groups is 2. The molecule has 0 bridgehead atoms. The Balaban J connectivity index is 1.01. The summed E-state index contributed by atoms with van der Waals surface area (Å²) in [6.07, 6.45) is 0. The van der Waals surface area contributed by atoms with Crippen LogP contribution in [0.1, 0.15) is 22.7 Å². The molecule has 16 aromatic carbocycles. The third-order valence-corrected chi connectivity index (χ3v) is 21.6. The fourth-order valence-corrected chi connectivity index (χ4v) is 17.1. The number of fused-ring (bicyclic) bond motifs is 12. The monoisotopic (exact) mass is 1350 g/mol. The van der Waals surface area contributed by atoms with Gasteiger partial charge in [-0.25, -0.2) is 25.0 Å². The van der Waals surface area contributed by atoms with Gasteiger partial charge in [0.15, 0.2) is 0 Å². The Morgan fingerprint density at radius 2 is 0.623 bits per heavy atom. The molecule has 0 N–H and O–H groups in total. The Morgan fingerprint density at radius 1 is 0.236 bits per heavy atom. The zero-order valence-electron chi connectivity index (χ0n) is 57.5. The molecule has 0 aromatic heterocycles. The molecular weight excluding hydrogens is 1290 g/mol. The van der Waals surface area contributed by atoms with Gasteiger partial charge >= 0.3 is 0 Å². The van der Waals surface area contributed by atoms with E-state index in [-0.39, 0.29) is 0 Å². The summed E-state index contributed by atoms with van der Waals surface area (Å²) in [5, 5.41) is 15.8. The van der Waals surface area contributed by atoms with E-state index >= 15 is 0 Å². The van der Waals surface area contributed by atoms with Gasteiger partial charge in [-0.05, 0) is 133 Å². The molecule has 21 rings (SSSR count). The lowest BCUT2D eigenvalue weighted by molar-refractivity contribution is 0.659. The number of hydrogen-bond acceptors (Lipinski definition) is 7. The molecule has 0 fully saturated rings. The minimum absolute atomic E-state index is 0.745. The van der Waals surface area contributed by atoms with Crippen LogP contribution in [-0.2, 0) is 0 Å². The van der Waals surface area contributed by atoms with Crippen LogP contribution in [0.2, 0.25) is 0 Å². The first kappa shape index (κ1) is 60.6. The van der Waals surface area contributed by atoms with E-state index in [9.17, 15) is 0 Å². The second-order valence-corrected chi connectivity index (χ2v) is 27.4. The van der Waals surface area contributed by atoms with Crippen molar-refractivity contribution >= 4 is 51.1 Å². The van der Waals surface area contributed by atoms with Gasteiger partial charge < -0.3 is 0 Å². The van der Waals surface area contributed by atoms with Crippen molar-refractivity contribution in [1.82, 2.24) is 0 Å². The third-order valence-electron chi connectivity index (χ3n) is 21.6. The summed E-state index contributed by atoms with van der Waals surface area (Å²) < 4.78 is 0. The number of nitrogens with zero attached hydrogens (tertiary/aromatic N) is 7. The SMILES string of the molecule is c1ccc(C2=C(c3ccccc3-c3ccccc3-c3ccccc3)C(c3c(-c4ccccc4)ccc4c3-c3c5c(ccc3=N4)=c3ccccc3=N5)N(c3ccccc3)N(c3ccccc3-c3ccccc3-c3ccccc3)N2c2c(-c3ccccc3)ccc3c2-c2c4c(ccc2=N3)=c2ccccc2=N4)cc1. The van der Waals surface area contributed by atoms with Crippen LogP contribution in [0.4, 0.5) is 39.8 Å². The molecule has 0 saturated carbocycles. The molecule has 106 heavy (non-hydrogen) atoms. The van der Waals surface area contributed by atoms with Gasteiger partial charge in [0.05, 0.1) is 66.9 Å². The lowest BCUT2D eigenvalue weighted by atomic mass is 9.77. The van der Waals surface area contributed by atoms with Crippen LogP contribution >= 0.6 is 0 Å². The van der Waals surface area contributed by atoms with Gasteiger partial charge in [-0.15, -0.1) is 0 Å². The van der Waals surface area contributed by atoms with E-state index < -0.39 is 6.04 Å². The predicted molar refractivity (Wildman–Crippen MR) is 431 cm³/mol. The minimum atomic E-state index is -0.745. The summed E-state index contributed by atoms with van der Waals surface area (Å²) in [6.45, 7) is 0. The van der Waals surface area contributed by atoms with Gasteiger partial charge in [0.2, 0.25) is 0 Å². The molecule has 0 saturated heterocycles. The van der Waals surface area contributed by atoms with Crippen LogP contribution in [-0.4, -0.2) is 0 Å². The predicted octanol–water partition coefficient (Wildman–Crippen LogP) is 22.6. The summed E-state index contributed by atoms with van der Waals surface area (Å²) >= 11 is 0. The van der Waals surface area contributed by atoms with E-state index in [1.54, 1.807) is 0 Å². The molecule has 0 aliphatic carbocycles. The zero-order valence-corrected chi connectivity index (χ0v) is 57.5. The summed E-state index contributed by atoms with van der Waals surface area (Å²) in [4.78, 5) is 22.9. The number of hydrogen-bond donors (Lipinski definition) is 0. The van der Waals surface area contributed by atoms with Crippen molar-refractivity contribution in [3.8, 4) is 89.0 Å². The minimum Gasteiger partial charge on any atom is -0.254 e. The molecular formula is C99H63N7. The van der Waals surface area contributed by atoms with E-state index in [1.807, 2.05) is 0 Å². The highest BCUT2D eigenvalue weighted by Gasteiger charge is 2.49. The number of rotatable bonds is 12. The van der Waals surface area contributed by atoms with E-state index in [1.165, 1.54) is 0 Å². The lowest BCUT2D eigenvalue weighted by Crippen LogP contribution is -2.59. The molecule has 16 aromatic rings. The average molecular weight is 1350 g/mol. The molecule has 0 radical (unpaired) electrons. The Morgan fingerprint density at radius 3 is 1.16 bits per heavy atom. The van der Waals surface area contributed by atoms with E-state index in [2.05, 4.69) is 391 Å². The number of anilines is 3. The van der Waals surface area contributed by atoms with E-state index in [0.717, 1.165) is 199 Å². The maximum atomic E-state index is 5.77. The molecule has 7 nitrogen and oxygen atoms in total. The number of para-hydroxylation sites is 4. The molecule has 7 heteroatoms. The second-order valence-electron chi connectivity index (χ2n) is 27.4. The Kier molecular flexibility index (Phi) is 14.2.